The molecule has 1 unspecified atom stereocenters. The molecule has 0 aromatic rings. The average Bonchev–Trinajstić information content (AvgIpc) is 2.24. The van der Waals surface area contributed by atoms with Gasteiger partial charge in [-0.3, -0.25) is 4.99 Å². The smallest absolute Gasteiger partial charge is 0.191 e. The zero-order valence-electron chi connectivity index (χ0n) is 11.4. The summed E-state index contributed by atoms with van der Waals surface area (Å²) in [6, 6.07) is 0. The summed E-state index contributed by atoms with van der Waals surface area (Å²) in [5.41, 5.74) is 5.99. The molecule has 0 aromatic carbocycles. The second kappa shape index (κ2) is 8.97. The molecule has 1 aliphatic rings. The first-order valence-corrected chi connectivity index (χ1v) is 6.29. The highest BCUT2D eigenvalue weighted by molar-refractivity contribution is 14.0. The predicted molar refractivity (Wildman–Crippen MR) is 85.0 cm³/mol. The van der Waals surface area contributed by atoms with E-state index in [4.69, 9.17) is 5.73 Å². The van der Waals surface area contributed by atoms with Gasteiger partial charge in [-0.25, -0.2) is 0 Å². The molecule has 1 rings (SSSR count). The van der Waals surface area contributed by atoms with E-state index in [1.54, 1.807) is 0 Å². The van der Waals surface area contributed by atoms with Crippen LogP contribution in [0.15, 0.2) is 4.99 Å². The van der Waals surface area contributed by atoms with Crippen LogP contribution in [0.3, 0.4) is 0 Å². The predicted octanol–water partition coefficient (Wildman–Crippen LogP) is 1.60. The molecule has 102 valence electrons. The van der Waals surface area contributed by atoms with Gasteiger partial charge in [-0.15, -0.1) is 24.0 Å². The summed E-state index contributed by atoms with van der Waals surface area (Å²) in [5, 5.41) is 0. The monoisotopic (exact) mass is 354 g/mol. The van der Waals surface area contributed by atoms with Crippen LogP contribution in [-0.4, -0.2) is 56.0 Å². The lowest BCUT2D eigenvalue weighted by atomic mass is 10.0. The number of nitrogens with zero attached hydrogens (tertiary/aromatic N) is 3. The summed E-state index contributed by atoms with van der Waals surface area (Å²) in [6.45, 7) is 6.35. The molecule has 2 N–H and O–H groups in total. The van der Waals surface area contributed by atoms with Gasteiger partial charge in [0.25, 0.3) is 0 Å². The first-order chi connectivity index (χ1) is 7.59. The minimum absolute atomic E-state index is 0. The topological polar surface area (TPSA) is 44.9 Å². The molecule has 4 nitrogen and oxygen atoms in total. The van der Waals surface area contributed by atoms with Crippen LogP contribution >= 0.6 is 24.0 Å². The number of guanidine groups is 1. The average molecular weight is 354 g/mol. The Morgan fingerprint density at radius 1 is 1.47 bits per heavy atom. The molecule has 1 heterocycles. The Morgan fingerprint density at radius 3 is 2.76 bits per heavy atom. The highest BCUT2D eigenvalue weighted by Crippen LogP contribution is 2.14. The van der Waals surface area contributed by atoms with E-state index in [2.05, 4.69) is 35.8 Å². The Kier molecular flexibility index (Phi) is 8.94. The van der Waals surface area contributed by atoms with Gasteiger partial charge in [0.05, 0.1) is 0 Å². The van der Waals surface area contributed by atoms with Crippen LogP contribution in [0.4, 0.5) is 0 Å². The van der Waals surface area contributed by atoms with E-state index in [0.29, 0.717) is 0 Å². The van der Waals surface area contributed by atoms with Crippen molar-refractivity contribution in [3.05, 3.63) is 0 Å². The summed E-state index contributed by atoms with van der Waals surface area (Å²) >= 11 is 0. The van der Waals surface area contributed by atoms with Crippen LogP contribution in [0, 0.1) is 5.92 Å². The molecular weight excluding hydrogens is 327 g/mol. The Bertz CT molecular complexity index is 231. The van der Waals surface area contributed by atoms with Crippen LogP contribution < -0.4 is 5.73 Å². The lowest BCUT2D eigenvalue weighted by Gasteiger charge is -2.31. The number of nitrogens with two attached hydrogens (primary N) is 1. The largest absolute Gasteiger partial charge is 0.370 e. The molecule has 1 saturated heterocycles. The van der Waals surface area contributed by atoms with E-state index in [1.807, 2.05) is 0 Å². The van der Waals surface area contributed by atoms with E-state index in [-0.39, 0.29) is 24.0 Å². The number of piperidine rings is 1. The van der Waals surface area contributed by atoms with Crippen molar-refractivity contribution in [2.75, 3.05) is 40.3 Å². The zero-order chi connectivity index (χ0) is 12.0. The van der Waals surface area contributed by atoms with Crippen molar-refractivity contribution >= 4 is 29.9 Å². The van der Waals surface area contributed by atoms with Gasteiger partial charge < -0.3 is 15.5 Å². The quantitative estimate of drug-likeness (QED) is 0.361. The first-order valence-electron chi connectivity index (χ1n) is 6.29. The molecule has 0 bridgehead atoms. The Hall–Kier alpha value is -0.0400. The Balaban J connectivity index is 0.00000256. The van der Waals surface area contributed by atoms with E-state index < -0.39 is 0 Å². The molecule has 0 radical (unpaired) electrons. The summed E-state index contributed by atoms with van der Waals surface area (Å²) < 4.78 is 0. The summed E-state index contributed by atoms with van der Waals surface area (Å²) in [6.07, 6.45) is 3.65. The molecule has 1 aliphatic heterocycles. The molecule has 17 heavy (non-hydrogen) atoms. The fourth-order valence-corrected chi connectivity index (χ4v) is 2.08. The van der Waals surface area contributed by atoms with Gasteiger partial charge >= 0.3 is 0 Å². The van der Waals surface area contributed by atoms with E-state index in [1.165, 1.54) is 12.8 Å². The number of aliphatic imine (C=N–C) groups is 1. The number of rotatable bonds is 4. The summed E-state index contributed by atoms with van der Waals surface area (Å²) in [5.74, 6) is 1.49. The highest BCUT2D eigenvalue weighted by Gasteiger charge is 2.17. The van der Waals surface area contributed by atoms with E-state index in [0.717, 1.165) is 44.5 Å². The van der Waals surface area contributed by atoms with Crippen LogP contribution in [0.25, 0.3) is 0 Å². The van der Waals surface area contributed by atoms with E-state index in [9.17, 15) is 0 Å². The summed E-state index contributed by atoms with van der Waals surface area (Å²) in [7, 11) is 4.17. The molecule has 0 amide bonds. The van der Waals surface area contributed by atoms with Crippen molar-refractivity contribution in [2.24, 2.45) is 16.6 Å². The maximum atomic E-state index is 5.99. The molecule has 0 aromatic heterocycles. The van der Waals surface area contributed by atoms with Crippen LogP contribution in [0.2, 0.25) is 0 Å². The maximum Gasteiger partial charge on any atom is 0.191 e. The molecule has 5 heteroatoms. The Morgan fingerprint density at radius 2 is 2.18 bits per heavy atom. The van der Waals surface area contributed by atoms with Gasteiger partial charge in [0.1, 0.15) is 0 Å². The van der Waals surface area contributed by atoms with Crippen LogP contribution in [0.1, 0.15) is 26.2 Å². The van der Waals surface area contributed by atoms with Crippen LogP contribution in [-0.2, 0) is 0 Å². The molecule has 0 saturated carbocycles. The van der Waals surface area contributed by atoms with Crippen molar-refractivity contribution in [1.29, 1.82) is 0 Å². The van der Waals surface area contributed by atoms with E-state index >= 15 is 0 Å². The molecule has 0 aliphatic carbocycles. The van der Waals surface area contributed by atoms with Crippen molar-refractivity contribution < 1.29 is 0 Å². The fourth-order valence-electron chi connectivity index (χ4n) is 2.08. The lowest BCUT2D eigenvalue weighted by Crippen LogP contribution is -2.43. The minimum Gasteiger partial charge on any atom is -0.370 e. The first kappa shape index (κ1) is 17.0. The van der Waals surface area contributed by atoms with Gasteiger partial charge in [0.2, 0.25) is 0 Å². The third kappa shape index (κ3) is 7.08. The molecule has 1 atom stereocenters. The SMILES string of the molecule is CC1CCCN(C(N)=NCCCN(C)C)C1.I. The number of likely N-dealkylation sites (tertiary alicyclic amines) is 1. The number of hydrogen-bond donors (Lipinski definition) is 1. The third-order valence-corrected chi connectivity index (χ3v) is 3.02. The van der Waals surface area contributed by atoms with Gasteiger partial charge in [-0.2, -0.15) is 0 Å². The highest BCUT2D eigenvalue weighted by atomic mass is 127. The van der Waals surface area contributed by atoms with Crippen molar-refractivity contribution in [1.82, 2.24) is 9.80 Å². The second-order valence-electron chi connectivity index (χ2n) is 5.09. The zero-order valence-corrected chi connectivity index (χ0v) is 13.7. The van der Waals surface area contributed by atoms with Gasteiger partial charge in [-0.05, 0) is 45.8 Å². The standard InChI is InChI=1S/C12H26N4.HI/c1-11-6-4-9-16(10-11)12(13)14-7-5-8-15(2)3;/h11H,4-10H2,1-3H3,(H2,13,14);1H. The van der Waals surface area contributed by atoms with Gasteiger partial charge in [0.15, 0.2) is 5.96 Å². The summed E-state index contributed by atoms with van der Waals surface area (Å²) in [4.78, 5) is 8.85. The number of halogens is 1. The van der Waals surface area contributed by atoms with Crippen molar-refractivity contribution in [3.8, 4) is 0 Å². The number of hydrogen-bond acceptors (Lipinski definition) is 2. The maximum absolute atomic E-state index is 5.99. The normalized spacial score (nSPS) is 21.5. The third-order valence-electron chi connectivity index (χ3n) is 3.02. The van der Waals surface area contributed by atoms with Crippen molar-refractivity contribution in [3.63, 3.8) is 0 Å². The fraction of sp³-hybridized carbons (Fsp3) is 0.917. The van der Waals surface area contributed by atoms with Crippen molar-refractivity contribution in [2.45, 2.75) is 26.2 Å². The van der Waals surface area contributed by atoms with Crippen LogP contribution in [0.5, 0.6) is 0 Å². The Labute approximate surface area is 123 Å². The molecular formula is C12H27IN4. The van der Waals surface area contributed by atoms with Gasteiger partial charge in [-0.1, -0.05) is 6.92 Å². The second-order valence-corrected chi connectivity index (χ2v) is 5.09. The molecule has 1 fully saturated rings. The van der Waals surface area contributed by atoms with Gasteiger partial charge in [0, 0.05) is 19.6 Å². The lowest BCUT2D eigenvalue weighted by molar-refractivity contribution is 0.270. The molecule has 0 spiro atoms. The minimum atomic E-state index is 0.